The smallest absolute Gasteiger partial charge is 0.284 e. The van der Waals surface area contributed by atoms with Crippen LogP contribution in [0, 0.1) is 6.92 Å². The zero-order valence-electron chi connectivity index (χ0n) is 23.6. The Morgan fingerprint density at radius 2 is 1.98 bits per heavy atom. The van der Waals surface area contributed by atoms with Crippen molar-refractivity contribution in [3.63, 3.8) is 0 Å². The van der Waals surface area contributed by atoms with E-state index in [-0.39, 0.29) is 16.8 Å². The highest BCUT2D eigenvalue weighted by Gasteiger charge is 2.22. The predicted octanol–water partition coefficient (Wildman–Crippen LogP) is 6.06. The highest BCUT2D eigenvalue weighted by molar-refractivity contribution is 6.39. The van der Waals surface area contributed by atoms with Crippen LogP contribution in [0.4, 0.5) is 21.6 Å². The minimum Gasteiger partial charge on any atom is -0.494 e. The number of pyridine rings is 1. The molecule has 43 heavy (non-hydrogen) atoms. The van der Waals surface area contributed by atoms with Crippen LogP contribution >= 0.6 is 11.6 Å². The summed E-state index contributed by atoms with van der Waals surface area (Å²) in [5, 5.41) is 10.6. The number of methoxy groups -OCH3 is 1. The lowest BCUT2D eigenvalue weighted by Crippen LogP contribution is -2.24. The number of amides is 1. The van der Waals surface area contributed by atoms with Crippen molar-refractivity contribution in [2.45, 2.75) is 25.8 Å². The van der Waals surface area contributed by atoms with Gasteiger partial charge in [-0.3, -0.25) is 9.69 Å². The van der Waals surface area contributed by atoms with Gasteiger partial charge in [-0.25, -0.2) is 23.9 Å². The minimum atomic E-state index is -0.871. The Morgan fingerprint density at radius 1 is 1.12 bits per heavy atom. The van der Waals surface area contributed by atoms with Crippen LogP contribution in [-0.4, -0.2) is 62.1 Å². The van der Waals surface area contributed by atoms with Crippen LogP contribution in [0.15, 0.2) is 67.2 Å². The van der Waals surface area contributed by atoms with E-state index in [1.807, 2.05) is 24.9 Å². The number of fused-ring (bicyclic) bond motifs is 2. The SMILES string of the molecule is COc1cc(Oc2ccn3ncnc3c2)c(C)cc1Nc1ncnc2ccc(NC(=O)/C(F)=C/[C@H]3CCCN3C)c(Cl)c12. The Balaban J connectivity index is 1.27. The lowest BCUT2D eigenvalue weighted by molar-refractivity contribution is -0.114. The van der Waals surface area contributed by atoms with Crippen molar-refractivity contribution in [1.82, 2.24) is 29.5 Å². The molecule has 2 N–H and O–H groups in total. The number of carbonyl (C=O) groups excluding carboxylic acids is 1. The van der Waals surface area contributed by atoms with Crippen LogP contribution in [0.25, 0.3) is 16.6 Å². The van der Waals surface area contributed by atoms with Crippen LogP contribution < -0.4 is 20.1 Å². The number of ether oxygens (including phenoxy) is 2. The number of likely N-dealkylation sites (N-methyl/N-ethyl adjacent to an activating group) is 1. The molecule has 0 saturated carbocycles. The summed E-state index contributed by atoms with van der Waals surface area (Å²) in [6.45, 7) is 2.77. The number of anilines is 3. The Labute approximate surface area is 251 Å². The van der Waals surface area contributed by atoms with Crippen LogP contribution in [0.1, 0.15) is 18.4 Å². The summed E-state index contributed by atoms with van der Waals surface area (Å²) in [5.41, 5.74) is 2.83. The number of hydrogen-bond acceptors (Lipinski definition) is 9. The number of nitrogens with one attached hydrogen (secondary N) is 2. The van der Waals surface area contributed by atoms with Crippen molar-refractivity contribution in [1.29, 1.82) is 0 Å². The molecular weight excluding hydrogens is 575 g/mol. The third-order valence-corrected chi connectivity index (χ3v) is 7.74. The molecule has 11 nitrogen and oxygen atoms in total. The molecule has 3 aromatic heterocycles. The van der Waals surface area contributed by atoms with Gasteiger partial charge < -0.3 is 20.1 Å². The van der Waals surface area contributed by atoms with Gasteiger partial charge in [0.15, 0.2) is 11.5 Å². The molecule has 1 saturated heterocycles. The summed E-state index contributed by atoms with van der Waals surface area (Å²) in [5.74, 6) is 0.307. The average molecular weight is 603 g/mol. The van der Waals surface area contributed by atoms with Gasteiger partial charge in [-0.15, -0.1) is 0 Å². The molecule has 1 aliphatic heterocycles. The number of rotatable bonds is 8. The van der Waals surface area contributed by atoms with Crippen molar-refractivity contribution in [2.75, 3.05) is 31.3 Å². The van der Waals surface area contributed by atoms with Gasteiger partial charge in [-0.05, 0) is 69.3 Å². The number of hydrogen-bond donors (Lipinski definition) is 2. The second-order valence-electron chi connectivity index (χ2n) is 10.2. The van der Waals surface area contributed by atoms with Gasteiger partial charge in [0.25, 0.3) is 5.91 Å². The molecule has 220 valence electrons. The van der Waals surface area contributed by atoms with Gasteiger partial charge in [0, 0.05) is 24.4 Å². The zero-order valence-corrected chi connectivity index (χ0v) is 24.4. The van der Waals surface area contributed by atoms with Crippen LogP contribution in [-0.2, 0) is 4.79 Å². The monoisotopic (exact) mass is 602 g/mol. The lowest BCUT2D eigenvalue weighted by Gasteiger charge is -2.17. The molecule has 6 rings (SSSR count). The maximum Gasteiger partial charge on any atom is 0.284 e. The maximum absolute atomic E-state index is 14.8. The first-order chi connectivity index (χ1) is 20.8. The summed E-state index contributed by atoms with van der Waals surface area (Å²) < 4.78 is 28.2. The minimum absolute atomic E-state index is 0.116. The number of carbonyl (C=O) groups is 1. The first-order valence-electron chi connectivity index (χ1n) is 13.6. The molecule has 0 bridgehead atoms. The van der Waals surface area contributed by atoms with E-state index in [9.17, 15) is 9.18 Å². The van der Waals surface area contributed by atoms with Crippen LogP contribution in [0.2, 0.25) is 5.02 Å². The zero-order chi connectivity index (χ0) is 30.1. The number of halogens is 2. The van der Waals surface area contributed by atoms with Crippen LogP contribution in [0.3, 0.4) is 0 Å². The number of likely N-dealkylation sites (tertiary alicyclic amines) is 1. The first kappa shape index (κ1) is 28.3. The van der Waals surface area contributed by atoms with E-state index < -0.39 is 11.7 Å². The molecule has 4 heterocycles. The molecule has 13 heteroatoms. The predicted molar refractivity (Wildman–Crippen MR) is 162 cm³/mol. The Hall–Kier alpha value is -4.81. The Bertz CT molecular complexity index is 1880. The molecule has 5 aromatic rings. The van der Waals surface area contributed by atoms with E-state index in [0.29, 0.717) is 45.3 Å². The van der Waals surface area contributed by atoms with E-state index in [0.717, 1.165) is 24.9 Å². The van der Waals surface area contributed by atoms with Gasteiger partial charge >= 0.3 is 0 Å². The quantitative estimate of drug-likeness (QED) is 0.204. The van der Waals surface area contributed by atoms with Crippen molar-refractivity contribution >= 4 is 51.3 Å². The average Bonchev–Trinajstić information content (AvgIpc) is 3.64. The molecule has 1 amide bonds. The van der Waals surface area contributed by atoms with Gasteiger partial charge in [-0.1, -0.05) is 11.6 Å². The fraction of sp³-hybridized carbons (Fsp3) is 0.233. The third kappa shape index (κ3) is 5.79. The maximum atomic E-state index is 14.8. The highest BCUT2D eigenvalue weighted by atomic mass is 35.5. The molecule has 1 fully saturated rings. The topological polar surface area (TPSA) is 119 Å². The second kappa shape index (κ2) is 11.8. The molecule has 2 aromatic carbocycles. The molecule has 1 atom stereocenters. The molecule has 0 spiro atoms. The normalized spacial score (nSPS) is 15.7. The van der Waals surface area contributed by atoms with Gasteiger partial charge in [0.05, 0.1) is 34.4 Å². The first-order valence-corrected chi connectivity index (χ1v) is 13.9. The summed E-state index contributed by atoms with van der Waals surface area (Å²) in [6.07, 6.45) is 7.74. The largest absolute Gasteiger partial charge is 0.494 e. The summed E-state index contributed by atoms with van der Waals surface area (Å²) in [6, 6.07) is 10.3. The van der Waals surface area contributed by atoms with Crippen LogP contribution in [0.5, 0.6) is 17.2 Å². The number of aromatic nitrogens is 5. The fourth-order valence-electron chi connectivity index (χ4n) is 5.04. The lowest BCUT2D eigenvalue weighted by atomic mass is 10.1. The van der Waals surface area contributed by atoms with E-state index in [1.165, 1.54) is 18.7 Å². The third-order valence-electron chi connectivity index (χ3n) is 7.35. The van der Waals surface area contributed by atoms with Gasteiger partial charge in [0.1, 0.15) is 35.7 Å². The second-order valence-corrected chi connectivity index (χ2v) is 10.6. The fourth-order valence-corrected chi connectivity index (χ4v) is 5.33. The van der Waals surface area contributed by atoms with E-state index in [1.54, 1.807) is 48.2 Å². The van der Waals surface area contributed by atoms with E-state index in [2.05, 4.69) is 30.7 Å². The molecule has 0 radical (unpaired) electrons. The molecule has 0 unspecified atom stereocenters. The summed E-state index contributed by atoms with van der Waals surface area (Å²) in [4.78, 5) is 27.6. The van der Waals surface area contributed by atoms with Crippen molar-refractivity contribution in [3.05, 3.63) is 77.7 Å². The molecular formula is C30H28ClFN8O3. The van der Waals surface area contributed by atoms with Gasteiger partial charge in [0.2, 0.25) is 0 Å². The standard InChI is InChI=1S/C30H28ClFN8O3/c1-17-11-23(25(42-3)14-24(17)43-19-8-10-40-26(13-19)34-16-36-40)37-29-27-21(33-15-35-29)6-7-22(28(27)31)38-30(41)20(32)12-18-5-4-9-39(18)2/h6-8,10-16,18H,4-5,9H2,1-3H3,(H,38,41)(H,33,35,37)/b20-12-/t18-/m1/s1. The highest BCUT2D eigenvalue weighted by Crippen LogP contribution is 2.40. The van der Waals surface area contributed by atoms with Gasteiger partial charge in [-0.2, -0.15) is 5.10 Å². The van der Waals surface area contributed by atoms with Crippen molar-refractivity contribution in [2.24, 2.45) is 0 Å². The molecule has 1 aliphatic rings. The summed E-state index contributed by atoms with van der Waals surface area (Å²) >= 11 is 6.76. The Morgan fingerprint density at radius 3 is 2.77 bits per heavy atom. The number of nitrogens with zero attached hydrogens (tertiary/aromatic N) is 6. The molecule has 0 aliphatic carbocycles. The number of aryl methyl sites for hydroxylation is 1. The summed E-state index contributed by atoms with van der Waals surface area (Å²) in [7, 11) is 3.46. The number of benzene rings is 2. The van der Waals surface area contributed by atoms with E-state index in [4.69, 9.17) is 21.1 Å². The van der Waals surface area contributed by atoms with Crippen molar-refractivity contribution in [3.8, 4) is 17.2 Å². The van der Waals surface area contributed by atoms with E-state index >= 15 is 0 Å². The van der Waals surface area contributed by atoms with Crippen molar-refractivity contribution < 1.29 is 18.7 Å². The Kier molecular flexibility index (Phi) is 7.78.